The SMILES string of the molecule is COc1ncc(-c2ccc3nc(NC#N)n(-c4ccccc4)c(=O)c3c2)cc1NS(=O)(=O)c1ccc(F)cc1F. The Labute approximate surface area is 226 Å². The predicted octanol–water partition coefficient (Wildman–Crippen LogP) is 4.43. The van der Waals surface area contributed by atoms with Crippen molar-refractivity contribution < 1.29 is 21.9 Å². The van der Waals surface area contributed by atoms with Gasteiger partial charge in [0.2, 0.25) is 11.8 Å². The van der Waals surface area contributed by atoms with Gasteiger partial charge in [-0.3, -0.25) is 14.8 Å². The molecule has 0 aliphatic rings. The zero-order valence-electron chi connectivity index (χ0n) is 20.6. The van der Waals surface area contributed by atoms with Crippen molar-refractivity contribution in [2.24, 2.45) is 0 Å². The third kappa shape index (κ3) is 4.91. The van der Waals surface area contributed by atoms with Crippen LogP contribution < -0.4 is 20.3 Å². The molecule has 0 bridgehead atoms. The lowest BCUT2D eigenvalue weighted by molar-refractivity contribution is 0.400. The Balaban J connectivity index is 1.61. The summed E-state index contributed by atoms with van der Waals surface area (Å²) in [6, 6.07) is 16.9. The van der Waals surface area contributed by atoms with Crippen molar-refractivity contribution in [2.75, 3.05) is 17.1 Å². The summed E-state index contributed by atoms with van der Waals surface area (Å²) in [6.07, 6.45) is 3.19. The molecule has 3 aromatic carbocycles. The molecule has 10 nitrogen and oxygen atoms in total. The minimum atomic E-state index is -4.49. The van der Waals surface area contributed by atoms with Gasteiger partial charge in [-0.15, -0.1) is 0 Å². The average Bonchev–Trinajstić information content (AvgIpc) is 2.93. The lowest BCUT2D eigenvalue weighted by Crippen LogP contribution is -2.22. The largest absolute Gasteiger partial charge is 0.480 e. The fraction of sp³-hybridized carbons (Fsp3) is 0.0370. The molecule has 0 fully saturated rings. The highest BCUT2D eigenvalue weighted by Gasteiger charge is 2.22. The van der Waals surface area contributed by atoms with Gasteiger partial charge in [0.25, 0.3) is 15.6 Å². The number of ether oxygens (including phenoxy) is 1. The highest BCUT2D eigenvalue weighted by atomic mass is 32.2. The van der Waals surface area contributed by atoms with E-state index in [1.54, 1.807) is 54.7 Å². The van der Waals surface area contributed by atoms with E-state index in [2.05, 4.69) is 20.0 Å². The van der Waals surface area contributed by atoms with Crippen molar-refractivity contribution in [3.8, 4) is 28.9 Å². The lowest BCUT2D eigenvalue weighted by atomic mass is 10.0. The number of nitriles is 1. The van der Waals surface area contributed by atoms with Gasteiger partial charge in [0.15, 0.2) is 6.19 Å². The van der Waals surface area contributed by atoms with Gasteiger partial charge in [0.05, 0.1) is 23.7 Å². The predicted molar refractivity (Wildman–Crippen MR) is 144 cm³/mol. The Morgan fingerprint density at radius 1 is 1.00 bits per heavy atom. The molecule has 13 heteroatoms. The molecule has 0 amide bonds. The maximum absolute atomic E-state index is 14.2. The molecule has 2 heterocycles. The number of anilines is 2. The molecule has 0 spiro atoms. The summed E-state index contributed by atoms with van der Waals surface area (Å²) in [6.45, 7) is 0. The molecule has 0 aliphatic carbocycles. The fourth-order valence-corrected chi connectivity index (χ4v) is 5.16. The van der Waals surface area contributed by atoms with Crippen molar-refractivity contribution in [1.29, 1.82) is 5.26 Å². The highest BCUT2D eigenvalue weighted by Crippen LogP contribution is 2.31. The van der Waals surface area contributed by atoms with Crippen LogP contribution in [0.3, 0.4) is 0 Å². The van der Waals surface area contributed by atoms with Crippen LogP contribution in [0.15, 0.2) is 88.7 Å². The Morgan fingerprint density at radius 2 is 1.77 bits per heavy atom. The van der Waals surface area contributed by atoms with E-state index in [1.807, 2.05) is 0 Å². The zero-order chi connectivity index (χ0) is 28.4. The summed E-state index contributed by atoms with van der Waals surface area (Å²) in [5.74, 6) is -2.26. The quantitative estimate of drug-likeness (QED) is 0.220. The third-order valence-electron chi connectivity index (χ3n) is 5.86. The second-order valence-corrected chi connectivity index (χ2v) is 9.99. The Hall–Kier alpha value is -5.35. The van der Waals surface area contributed by atoms with Gasteiger partial charge in [-0.1, -0.05) is 24.3 Å². The van der Waals surface area contributed by atoms with E-state index in [0.29, 0.717) is 28.4 Å². The van der Waals surface area contributed by atoms with Crippen molar-refractivity contribution in [2.45, 2.75) is 4.90 Å². The van der Waals surface area contributed by atoms with Gasteiger partial charge in [-0.2, -0.15) is 5.26 Å². The van der Waals surface area contributed by atoms with Crippen LogP contribution >= 0.6 is 0 Å². The number of hydrogen-bond acceptors (Lipinski definition) is 8. The van der Waals surface area contributed by atoms with Crippen molar-refractivity contribution in [3.05, 3.63) is 101 Å². The Kier molecular flexibility index (Phi) is 6.85. The highest BCUT2D eigenvalue weighted by molar-refractivity contribution is 7.92. The molecule has 200 valence electrons. The molecule has 0 atom stereocenters. The van der Waals surface area contributed by atoms with E-state index in [1.165, 1.54) is 23.9 Å². The first-order chi connectivity index (χ1) is 19.2. The van der Waals surface area contributed by atoms with E-state index in [4.69, 9.17) is 4.74 Å². The summed E-state index contributed by atoms with van der Waals surface area (Å²) >= 11 is 0. The van der Waals surface area contributed by atoms with Gasteiger partial charge in [-0.25, -0.2) is 31.7 Å². The molecular weight excluding hydrogens is 542 g/mol. The zero-order valence-corrected chi connectivity index (χ0v) is 21.4. The second kappa shape index (κ2) is 10.4. The summed E-state index contributed by atoms with van der Waals surface area (Å²) < 4.78 is 62.0. The number of aromatic nitrogens is 3. The number of methoxy groups -OCH3 is 1. The number of nitrogens with one attached hydrogen (secondary N) is 2. The van der Waals surface area contributed by atoms with E-state index in [0.717, 1.165) is 12.1 Å². The van der Waals surface area contributed by atoms with Crippen LogP contribution in [0.25, 0.3) is 27.7 Å². The summed E-state index contributed by atoms with van der Waals surface area (Å²) in [4.78, 5) is 21.4. The molecule has 5 aromatic rings. The average molecular weight is 561 g/mol. The molecule has 0 unspecified atom stereocenters. The van der Waals surface area contributed by atoms with E-state index in [-0.39, 0.29) is 22.9 Å². The van der Waals surface area contributed by atoms with Gasteiger partial charge in [-0.05, 0) is 48.0 Å². The standard InChI is InChI=1S/C27H18F2N6O4S/c1-39-25-23(34-40(37,38)24-10-8-18(28)13-21(24)29)12-17(14-31-25)16-7-9-22-20(11-16)26(36)35(27(33-22)32-15-30)19-5-3-2-4-6-19/h2-14,34H,1H3,(H,32,33). The van der Waals surface area contributed by atoms with Crippen LogP contribution in [-0.4, -0.2) is 30.1 Å². The van der Waals surface area contributed by atoms with Crippen molar-refractivity contribution in [1.82, 2.24) is 14.5 Å². The first-order valence-corrected chi connectivity index (χ1v) is 13.0. The van der Waals surface area contributed by atoms with Crippen LogP contribution in [0, 0.1) is 23.1 Å². The number of fused-ring (bicyclic) bond motifs is 1. The van der Waals surface area contributed by atoms with Crippen LogP contribution in [0.4, 0.5) is 20.4 Å². The number of para-hydroxylation sites is 1. The van der Waals surface area contributed by atoms with Crippen molar-refractivity contribution in [3.63, 3.8) is 0 Å². The van der Waals surface area contributed by atoms with Gasteiger partial charge >= 0.3 is 0 Å². The molecule has 5 rings (SSSR count). The molecule has 0 aliphatic heterocycles. The molecule has 40 heavy (non-hydrogen) atoms. The van der Waals surface area contributed by atoms with Gasteiger partial charge in [0, 0.05) is 17.8 Å². The normalized spacial score (nSPS) is 11.2. The molecule has 2 N–H and O–H groups in total. The van der Waals surface area contributed by atoms with E-state index in [9.17, 15) is 27.3 Å². The van der Waals surface area contributed by atoms with Crippen LogP contribution in [-0.2, 0) is 10.0 Å². The van der Waals surface area contributed by atoms with Gasteiger partial charge in [0.1, 0.15) is 22.2 Å². The van der Waals surface area contributed by atoms with Gasteiger partial charge < -0.3 is 4.74 Å². The molecule has 0 saturated carbocycles. The maximum atomic E-state index is 14.2. The number of benzene rings is 3. The minimum Gasteiger partial charge on any atom is -0.480 e. The smallest absolute Gasteiger partial charge is 0.267 e. The van der Waals surface area contributed by atoms with Crippen LogP contribution in [0.2, 0.25) is 0 Å². The number of hydrogen-bond donors (Lipinski definition) is 2. The monoisotopic (exact) mass is 560 g/mol. The summed E-state index contributed by atoms with van der Waals surface area (Å²) in [5, 5.41) is 11.8. The molecular formula is C27H18F2N6O4S. The molecule has 2 aromatic heterocycles. The fourth-order valence-electron chi connectivity index (χ4n) is 4.05. The van der Waals surface area contributed by atoms with E-state index >= 15 is 0 Å². The maximum Gasteiger partial charge on any atom is 0.267 e. The first kappa shape index (κ1) is 26.3. The second-order valence-electron chi connectivity index (χ2n) is 8.34. The number of halogens is 2. The Morgan fingerprint density at radius 3 is 2.48 bits per heavy atom. The van der Waals surface area contributed by atoms with Crippen LogP contribution in [0.1, 0.15) is 0 Å². The minimum absolute atomic E-state index is 0.0368. The topological polar surface area (TPSA) is 139 Å². The molecule has 0 saturated heterocycles. The number of rotatable bonds is 7. The Bertz CT molecular complexity index is 1980. The first-order valence-electron chi connectivity index (χ1n) is 11.5. The van der Waals surface area contributed by atoms with E-state index < -0.39 is 32.1 Å². The molecule has 0 radical (unpaired) electrons. The summed E-state index contributed by atoms with van der Waals surface area (Å²) in [5.41, 5.74) is 1.11. The third-order valence-corrected chi connectivity index (χ3v) is 7.25. The number of pyridine rings is 1. The van der Waals surface area contributed by atoms with Crippen LogP contribution in [0.5, 0.6) is 5.88 Å². The number of nitrogens with zero attached hydrogens (tertiary/aromatic N) is 4. The summed E-state index contributed by atoms with van der Waals surface area (Å²) in [7, 11) is -3.21. The lowest BCUT2D eigenvalue weighted by Gasteiger charge is -2.14. The number of sulfonamides is 1. The van der Waals surface area contributed by atoms with Crippen molar-refractivity contribution >= 4 is 32.6 Å².